The number of nitrogens with one attached hydrogen (secondary N) is 2. The lowest BCUT2D eigenvalue weighted by atomic mass is 9.70. The van der Waals surface area contributed by atoms with E-state index in [2.05, 4.69) is 46.6 Å². The molecule has 2 aromatic rings. The van der Waals surface area contributed by atoms with Gasteiger partial charge in [0.15, 0.2) is 0 Å². The first-order valence-electron chi connectivity index (χ1n) is 9.70. The largest absolute Gasteiger partial charge is 0.361 e. The highest BCUT2D eigenvalue weighted by atomic mass is 16.2. The number of hydrogen-bond acceptors (Lipinski definition) is 3. The number of hydrogen-bond donors (Lipinski definition) is 2. The van der Waals surface area contributed by atoms with Crippen LogP contribution in [0, 0.1) is 11.8 Å². The van der Waals surface area contributed by atoms with Crippen molar-refractivity contribution in [3.63, 3.8) is 0 Å². The Balaban J connectivity index is 1.41. The van der Waals surface area contributed by atoms with E-state index < -0.39 is 0 Å². The van der Waals surface area contributed by atoms with Gasteiger partial charge in [-0.3, -0.25) is 14.9 Å². The molecule has 5 rings (SSSR count). The van der Waals surface area contributed by atoms with Crippen molar-refractivity contribution in [2.75, 3.05) is 13.6 Å². The van der Waals surface area contributed by atoms with E-state index in [0.29, 0.717) is 30.7 Å². The van der Waals surface area contributed by atoms with Gasteiger partial charge in [-0.1, -0.05) is 12.1 Å². The highest BCUT2D eigenvalue weighted by molar-refractivity contribution is 5.97. The molecule has 5 heteroatoms. The number of carbonyl (C=O) groups excluding carboxylic acids is 2. The van der Waals surface area contributed by atoms with Gasteiger partial charge in [0.25, 0.3) is 0 Å². The highest BCUT2D eigenvalue weighted by Crippen LogP contribution is 2.45. The van der Waals surface area contributed by atoms with Crippen LogP contribution in [0.15, 0.2) is 24.4 Å². The van der Waals surface area contributed by atoms with Crippen LogP contribution in [0.25, 0.3) is 10.9 Å². The molecular weight excluding hydrogens is 326 g/mol. The maximum absolute atomic E-state index is 11.7. The Morgan fingerprint density at radius 3 is 2.73 bits per heavy atom. The fourth-order valence-electron chi connectivity index (χ4n) is 5.72. The van der Waals surface area contributed by atoms with Gasteiger partial charge in [-0.25, -0.2) is 0 Å². The van der Waals surface area contributed by atoms with Crippen molar-refractivity contribution in [1.29, 1.82) is 0 Å². The molecule has 3 heterocycles. The zero-order valence-corrected chi connectivity index (χ0v) is 15.1. The summed E-state index contributed by atoms with van der Waals surface area (Å²) in [5, 5.41) is 3.86. The molecule has 0 spiro atoms. The predicted octanol–water partition coefficient (Wildman–Crippen LogP) is 2.57. The smallest absolute Gasteiger partial charge is 0.226 e. The average Bonchev–Trinajstić information content (AvgIpc) is 3.00. The summed E-state index contributed by atoms with van der Waals surface area (Å²) >= 11 is 0. The standard InChI is InChI=1S/C21H25N3O2/c1-24-11-13(5-12-7-19(25)23-20(26)8-12)6-16-15-3-2-4-17-21(15)14(10-22-17)9-18(16)24/h2-4,10,12-13,16,18,22H,5-9,11H2,1H3,(H,23,25,26)/t13?,16-,18-/m1/s1. The van der Waals surface area contributed by atoms with E-state index in [9.17, 15) is 9.59 Å². The lowest BCUT2D eigenvalue weighted by molar-refractivity contribution is -0.135. The molecule has 3 atom stereocenters. The van der Waals surface area contributed by atoms with E-state index in [-0.39, 0.29) is 17.7 Å². The molecule has 3 aliphatic rings. The number of amides is 2. The van der Waals surface area contributed by atoms with Gasteiger partial charge in [0.2, 0.25) is 11.8 Å². The molecule has 1 aliphatic carbocycles. The molecule has 2 amide bonds. The molecule has 26 heavy (non-hydrogen) atoms. The molecule has 2 saturated heterocycles. The summed E-state index contributed by atoms with van der Waals surface area (Å²) < 4.78 is 0. The molecule has 5 nitrogen and oxygen atoms in total. The van der Waals surface area contributed by atoms with Crippen molar-refractivity contribution in [1.82, 2.24) is 15.2 Å². The van der Waals surface area contributed by atoms with Crippen LogP contribution >= 0.6 is 0 Å². The molecule has 0 radical (unpaired) electrons. The van der Waals surface area contributed by atoms with E-state index in [1.165, 1.54) is 22.0 Å². The molecule has 2 N–H and O–H groups in total. The second kappa shape index (κ2) is 5.95. The van der Waals surface area contributed by atoms with Gasteiger partial charge in [-0.15, -0.1) is 0 Å². The third-order valence-corrected chi connectivity index (χ3v) is 6.71. The number of benzene rings is 1. The Morgan fingerprint density at radius 1 is 1.12 bits per heavy atom. The third kappa shape index (κ3) is 2.57. The molecule has 2 aliphatic heterocycles. The van der Waals surface area contributed by atoms with Crippen molar-refractivity contribution >= 4 is 22.7 Å². The second-order valence-corrected chi connectivity index (χ2v) is 8.48. The van der Waals surface area contributed by atoms with Gasteiger partial charge in [-0.2, -0.15) is 0 Å². The number of piperidine rings is 2. The topological polar surface area (TPSA) is 65.2 Å². The number of aromatic amines is 1. The van der Waals surface area contributed by atoms with Crippen LogP contribution in [0.2, 0.25) is 0 Å². The fourth-order valence-corrected chi connectivity index (χ4v) is 5.72. The van der Waals surface area contributed by atoms with E-state index >= 15 is 0 Å². The zero-order valence-electron chi connectivity index (χ0n) is 15.1. The van der Waals surface area contributed by atoms with Crippen LogP contribution in [0.3, 0.4) is 0 Å². The molecule has 136 valence electrons. The van der Waals surface area contributed by atoms with Crippen LogP contribution in [0.5, 0.6) is 0 Å². The molecule has 0 bridgehead atoms. The summed E-state index contributed by atoms with van der Waals surface area (Å²) in [6.45, 7) is 1.06. The van der Waals surface area contributed by atoms with Crippen molar-refractivity contribution in [2.24, 2.45) is 11.8 Å². The summed E-state index contributed by atoms with van der Waals surface area (Å²) in [6, 6.07) is 7.17. The summed E-state index contributed by atoms with van der Waals surface area (Å²) in [5.41, 5.74) is 4.16. The van der Waals surface area contributed by atoms with Crippen molar-refractivity contribution < 1.29 is 9.59 Å². The first-order chi connectivity index (χ1) is 12.6. The number of fused-ring (bicyclic) bond motifs is 2. The van der Waals surface area contributed by atoms with Crippen LogP contribution in [0.4, 0.5) is 0 Å². The Kier molecular flexibility index (Phi) is 3.67. The van der Waals surface area contributed by atoms with Gasteiger partial charge in [0.05, 0.1) is 0 Å². The Morgan fingerprint density at radius 2 is 1.92 bits per heavy atom. The van der Waals surface area contributed by atoms with Crippen LogP contribution in [-0.4, -0.2) is 41.3 Å². The highest BCUT2D eigenvalue weighted by Gasteiger charge is 2.40. The van der Waals surface area contributed by atoms with Crippen LogP contribution in [0.1, 0.15) is 42.7 Å². The minimum absolute atomic E-state index is 0.104. The lowest BCUT2D eigenvalue weighted by Crippen LogP contribution is -2.48. The van der Waals surface area contributed by atoms with Gasteiger partial charge in [-0.05, 0) is 55.3 Å². The quantitative estimate of drug-likeness (QED) is 0.818. The second-order valence-electron chi connectivity index (χ2n) is 8.48. The molecule has 1 aromatic carbocycles. The number of carbonyl (C=O) groups is 2. The summed E-state index contributed by atoms with van der Waals surface area (Å²) in [7, 11) is 2.24. The van der Waals surface area contributed by atoms with E-state index in [0.717, 1.165) is 25.8 Å². The fraction of sp³-hybridized carbons (Fsp3) is 0.524. The first-order valence-corrected chi connectivity index (χ1v) is 9.70. The van der Waals surface area contributed by atoms with Gasteiger partial charge in [0, 0.05) is 48.4 Å². The SMILES string of the molecule is CN1CC(CC2CC(=O)NC(=O)C2)C[C@@H]2c3cccc4[nH]cc(c34)C[C@H]21. The molecule has 1 unspecified atom stereocenters. The third-order valence-electron chi connectivity index (χ3n) is 6.71. The molecule has 0 saturated carbocycles. The minimum atomic E-state index is -0.104. The predicted molar refractivity (Wildman–Crippen MR) is 99.8 cm³/mol. The minimum Gasteiger partial charge on any atom is -0.361 e. The Labute approximate surface area is 153 Å². The zero-order chi connectivity index (χ0) is 17.8. The van der Waals surface area contributed by atoms with E-state index in [4.69, 9.17) is 0 Å². The summed E-state index contributed by atoms with van der Waals surface area (Å²) in [6.07, 6.45) is 6.41. The number of rotatable bonds is 2. The molecule has 2 fully saturated rings. The van der Waals surface area contributed by atoms with Crippen molar-refractivity contribution in [3.05, 3.63) is 35.5 Å². The van der Waals surface area contributed by atoms with Crippen molar-refractivity contribution in [2.45, 2.75) is 44.1 Å². The normalized spacial score (nSPS) is 29.7. The molecule has 1 aromatic heterocycles. The molecular formula is C21H25N3O2. The number of likely N-dealkylation sites (tertiary alicyclic amines) is 1. The van der Waals surface area contributed by atoms with Crippen molar-refractivity contribution in [3.8, 4) is 0 Å². The number of nitrogens with zero attached hydrogens (tertiary/aromatic N) is 1. The summed E-state index contributed by atoms with van der Waals surface area (Å²) in [4.78, 5) is 29.4. The van der Waals surface area contributed by atoms with E-state index in [1.807, 2.05) is 0 Å². The number of likely N-dealkylation sites (N-methyl/N-ethyl adjacent to an activating group) is 1. The maximum Gasteiger partial charge on any atom is 0.226 e. The number of H-pyrrole nitrogens is 1. The van der Waals surface area contributed by atoms with Gasteiger partial charge in [0.1, 0.15) is 0 Å². The summed E-state index contributed by atoms with van der Waals surface area (Å²) in [5.74, 6) is 1.08. The number of imide groups is 1. The Bertz CT molecular complexity index is 871. The van der Waals surface area contributed by atoms with Gasteiger partial charge >= 0.3 is 0 Å². The number of aromatic nitrogens is 1. The average molecular weight is 351 g/mol. The van der Waals surface area contributed by atoms with Gasteiger partial charge < -0.3 is 9.88 Å². The monoisotopic (exact) mass is 351 g/mol. The van der Waals surface area contributed by atoms with E-state index in [1.54, 1.807) is 0 Å². The maximum atomic E-state index is 11.7. The van der Waals surface area contributed by atoms with Crippen LogP contribution < -0.4 is 5.32 Å². The first kappa shape index (κ1) is 16.1. The lowest BCUT2D eigenvalue weighted by Gasteiger charge is -2.46. The Hall–Kier alpha value is -2.14. The van der Waals surface area contributed by atoms with Crippen LogP contribution in [-0.2, 0) is 16.0 Å².